The molecule has 3 aromatic carbocycles. The van der Waals surface area contributed by atoms with Crippen LogP contribution in [0.15, 0.2) is 52.1 Å². The van der Waals surface area contributed by atoms with Crippen molar-refractivity contribution in [2.24, 2.45) is 21.6 Å². The highest BCUT2D eigenvalue weighted by molar-refractivity contribution is 5.58. The average molecular weight is 534 g/mol. The summed E-state index contributed by atoms with van der Waals surface area (Å²) in [4.78, 5) is 13.5. The van der Waals surface area contributed by atoms with Gasteiger partial charge < -0.3 is 10.6 Å². The molecule has 0 aromatic heterocycles. The van der Waals surface area contributed by atoms with Gasteiger partial charge in [0.05, 0.1) is 11.4 Å². The van der Waals surface area contributed by atoms with Crippen LogP contribution < -0.4 is 11.2 Å². The van der Waals surface area contributed by atoms with Crippen molar-refractivity contribution in [3.05, 3.63) is 91.4 Å². The van der Waals surface area contributed by atoms with Crippen LogP contribution in [0, 0.1) is 73.1 Å². The molecule has 0 spiro atoms. The largest absolute Gasteiger partial charge is 0.398 e. The topological polar surface area (TPSA) is 101 Å². The normalized spacial score (nSPS) is 10.5. The molecule has 39 heavy (non-hydrogen) atoms. The van der Waals surface area contributed by atoms with Gasteiger partial charge in [-0.3, -0.25) is 5.43 Å². The molecule has 0 radical (unpaired) electrons. The molecule has 0 aliphatic rings. The van der Waals surface area contributed by atoms with Crippen molar-refractivity contribution in [1.82, 2.24) is 0 Å². The summed E-state index contributed by atoms with van der Waals surface area (Å²) in [6.45, 7) is 23.2. The van der Waals surface area contributed by atoms with Gasteiger partial charge in [0.15, 0.2) is 5.34 Å². The summed E-state index contributed by atoms with van der Waals surface area (Å²) >= 11 is 0. The van der Waals surface area contributed by atoms with Crippen molar-refractivity contribution in [2.75, 3.05) is 17.8 Å². The zero-order chi connectivity index (χ0) is 29.7. The molecule has 3 aromatic rings. The van der Waals surface area contributed by atoms with E-state index in [9.17, 15) is 4.91 Å². The molecule has 0 bridgehead atoms. The second-order valence-corrected chi connectivity index (χ2v) is 10.7. The third kappa shape index (κ3) is 11.7. The van der Waals surface area contributed by atoms with Gasteiger partial charge in [0, 0.05) is 5.69 Å². The summed E-state index contributed by atoms with van der Waals surface area (Å²) < 4.78 is 0. The van der Waals surface area contributed by atoms with Crippen molar-refractivity contribution in [2.45, 2.75) is 82.6 Å². The summed E-state index contributed by atoms with van der Waals surface area (Å²) in [6.07, 6.45) is 0.895. The van der Waals surface area contributed by atoms with E-state index in [2.05, 4.69) is 125 Å². The number of nitrogens with one attached hydrogen (secondary N) is 1. The second-order valence-electron chi connectivity index (χ2n) is 10.7. The Morgan fingerprint density at radius 2 is 1.13 bits per heavy atom. The van der Waals surface area contributed by atoms with Crippen molar-refractivity contribution in [1.29, 1.82) is 0 Å². The fraction of sp³-hybridized carbons (Fsp3) is 0.438. The fourth-order valence-corrected chi connectivity index (χ4v) is 4.33. The Balaban J connectivity index is 0.000000350. The molecule has 0 atom stereocenters. The highest BCUT2D eigenvalue weighted by Crippen LogP contribution is 2.26. The fourth-order valence-electron chi connectivity index (χ4n) is 4.33. The maximum Gasteiger partial charge on any atom is 0.155 e. The number of hydrogen-bond donors (Lipinski definition) is 2. The van der Waals surface area contributed by atoms with E-state index in [-0.39, 0.29) is 0 Å². The summed E-state index contributed by atoms with van der Waals surface area (Å²) in [5.74, 6) is 0.580. The van der Waals surface area contributed by atoms with Crippen LogP contribution in [0.25, 0.3) is 0 Å². The van der Waals surface area contributed by atoms with Gasteiger partial charge in [-0.1, -0.05) is 72.2 Å². The van der Waals surface area contributed by atoms with Gasteiger partial charge in [-0.15, -0.1) is 10.0 Å². The SMILES string of the molecule is CC(C)CCON=O.Cc1cc(C)c(N)c(C)c1.Cc1cc(C)c(N=NNc2c(C)cc(C)cc2C)c(C)c1. The van der Waals surface area contributed by atoms with Crippen LogP contribution in [0.3, 0.4) is 0 Å². The van der Waals surface area contributed by atoms with E-state index in [1.54, 1.807) is 0 Å². The Hall–Kier alpha value is -3.74. The summed E-state index contributed by atoms with van der Waals surface area (Å²) in [7, 11) is 0. The Morgan fingerprint density at radius 3 is 1.54 bits per heavy atom. The molecule has 7 nitrogen and oxygen atoms in total. The number of rotatable bonds is 7. The molecule has 3 N–H and O–H groups in total. The molecule has 0 unspecified atom stereocenters. The Labute approximate surface area is 235 Å². The first-order valence-corrected chi connectivity index (χ1v) is 13.4. The van der Waals surface area contributed by atoms with Crippen LogP contribution in [0.2, 0.25) is 0 Å². The molecule has 0 saturated carbocycles. The van der Waals surface area contributed by atoms with Crippen LogP contribution in [-0.4, -0.2) is 6.61 Å². The highest BCUT2D eigenvalue weighted by Gasteiger charge is 2.05. The summed E-state index contributed by atoms with van der Waals surface area (Å²) in [6, 6.07) is 12.7. The Bertz CT molecular complexity index is 1200. The molecule has 0 amide bonds. The minimum atomic E-state index is 0.446. The molecule has 0 aliphatic carbocycles. The smallest absolute Gasteiger partial charge is 0.155 e. The number of benzene rings is 3. The van der Waals surface area contributed by atoms with Crippen molar-refractivity contribution >= 4 is 17.1 Å². The first kappa shape index (κ1) is 33.3. The number of anilines is 2. The van der Waals surface area contributed by atoms with Gasteiger partial charge in [-0.25, -0.2) is 0 Å². The molecule has 3 rings (SSSR count). The molecule has 0 saturated heterocycles. The molecule has 212 valence electrons. The molecule has 0 aliphatic heterocycles. The number of hydrogen-bond acceptors (Lipinski definition) is 6. The first-order valence-electron chi connectivity index (χ1n) is 13.4. The van der Waals surface area contributed by atoms with E-state index in [0.29, 0.717) is 12.5 Å². The van der Waals surface area contributed by atoms with E-state index in [1.165, 1.54) is 38.9 Å². The maximum atomic E-state index is 9.31. The highest BCUT2D eigenvalue weighted by atomic mass is 16.7. The van der Waals surface area contributed by atoms with Gasteiger partial charge in [0.25, 0.3) is 0 Å². The number of aryl methyl sites for hydroxylation is 9. The zero-order valence-corrected chi connectivity index (χ0v) is 25.7. The van der Waals surface area contributed by atoms with Gasteiger partial charge in [0.2, 0.25) is 0 Å². The third-order valence-corrected chi connectivity index (χ3v) is 6.20. The average Bonchev–Trinajstić information content (AvgIpc) is 2.81. The van der Waals surface area contributed by atoms with Gasteiger partial charge in [0.1, 0.15) is 6.61 Å². The number of nitrogens with zero attached hydrogens (tertiary/aromatic N) is 3. The van der Waals surface area contributed by atoms with Gasteiger partial charge in [-0.2, -0.15) is 0 Å². The first-order chi connectivity index (χ1) is 18.3. The van der Waals surface area contributed by atoms with Crippen LogP contribution in [0.4, 0.5) is 17.1 Å². The minimum absolute atomic E-state index is 0.446. The number of nitrogens with two attached hydrogens (primary N) is 1. The van der Waals surface area contributed by atoms with E-state index in [1.807, 2.05) is 13.8 Å². The van der Waals surface area contributed by atoms with Gasteiger partial charge >= 0.3 is 0 Å². The van der Waals surface area contributed by atoms with Crippen molar-refractivity contribution in [3.8, 4) is 0 Å². The second kappa shape index (κ2) is 16.3. The Kier molecular flexibility index (Phi) is 13.9. The van der Waals surface area contributed by atoms with E-state index in [4.69, 9.17) is 5.73 Å². The standard InChI is InChI=1S/C18H23N3.C9H13N.C5H11NO2/c1-11-7-13(3)17(14(4)8-11)19-21-20-18-15(5)9-12(2)10-16(18)6;1-6-4-7(2)9(10)8(3)5-6;1-5(2)3-4-8-6-7/h7-10H,1-6H3,(H,19,20);4-5H,10H2,1-3H3;5H,3-4H2,1-2H3. The third-order valence-electron chi connectivity index (χ3n) is 6.20. The van der Waals surface area contributed by atoms with E-state index in [0.717, 1.165) is 34.6 Å². The lowest BCUT2D eigenvalue weighted by Crippen LogP contribution is -1.95. The lowest BCUT2D eigenvalue weighted by atomic mass is 10.1. The van der Waals surface area contributed by atoms with E-state index < -0.39 is 0 Å². The molecular weight excluding hydrogens is 486 g/mol. The lowest BCUT2D eigenvalue weighted by Gasteiger charge is -2.10. The lowest BCUT2D eigenvalue weighted by molar-refractivity contribution is 0.128. The molecule has 0 fully saturated rings. The summed E-state index contributed by atoms with van der Waals surface area (Å²) in [5.41, 5.74) is 22.5. The molecular formula is C32H47N5O2. The van der Waals surface area contributed by atoms with Crippen LogP contribution in [-0.2, 0) is 4.84 Å². The van der Waals surface area contributed by atoms with E-state index >= 15 is 0 Å². The number of nitrogen functional groups attached to an aromatic ring is 1. The van der Waals surface area contributed by atoms with Crippen molar-refractivity contribution < 1.29 is 4.84 Å². The quantitative estimate of drug-likeness (QED) is 0.104. The monoisotopic (exact) mass is 533 g/mol. The Morgan fingerprint density at radius 1 is 0.718 bits per heavy atom. The predicted molar refractivity (Wildman–Crippen MR) is 166 cm³/mol. The van der Waals surface area contributed by atoms with Crippen LogP contribution in [0.1, 0.15) is 70.3 Å². The maximum absolute atomic E-state index is 9.31. The van der Waals surface area contributed by atoms with Crippen LogP contribution in [0.5, 0.6) is 0 Å². The minimum Gasteiger partial charge on any atom is -0.398 e. The molecule has 0 heterocycles. The summed E-state index contributed by atoms with van der Waals surface area (Å²) in [5, 5.41) is 10.8. The predicted octanol–water partition coefficient (Wildman–Crippen LogP) is 9.57. The molecule has 7 heteroatoms. The van der Waals surface area contributed by atoms with Gasteiger partial charge in [-0.05, 0) is 108 Å². The zero-order valence-electron chi connectivity index (χ0n) is 25.7. The van der Waals surface area contributed by atoms with Crippen LogP contribution >= 0.6 is 0 Å². The van der Waals surface area contributed by atoms with Crippen molar-refractivity contribution in [3.63, 3.8) is 0 Å².